The number of rotatable bonds is 3. The second-order valence-corrected chi connectivity index (χ2v) is 5.36. The van der Waals surface area contributed by atoms with Crippen LogP contribution in [0.5, 0.6) is 0 Å². The standard InChI is InChI=1S/C16H19N3O2/c1-10-5-6-13(11-4-3-7-18-15(10)11)19-16(20)12-8-21-9-14(12)17-2/h3-7,12,14,17H,8-9H2,1-2H3,(H,19,20). The summed E-state index contributed by atoms with van der Waals surface area (Å²) in [4.78, 5) is 16.9. The maximum absolute atomic E-state index is 12.5. The second-order valence-electron chi connectivity index (χ2n) is 5.36. The maximum atomic E-state index is 12.5. The van der Waals surface area contributed by atoms with Crippen LogP contribution in [0.2, 0.25) is 0 Å². The highest BCUT2D eigenvalue weighted by atomic mass is 16.5. The van der Waals surface area contributed by atoms with Crippen LogP contribution in [0.15, 0.2) is 30.5 Å². The summed E-state index contributed by atoms with van der Waals surface area (Å²) < 4.78 is 5.39. The van der Waals surface area contributed by atoms with Gasteiger partial charge in [-0.15, -0.1) is 0 Å². The lowest BCUT2D eigenvalue weighted by atomic mass is 10.0. The Hall–Kier alpha value is -1.98. The monoisotopic (exact) mass is 285 g/mol. The number of likely N-dealkylation sites (N-methyl/N-ethyl adjacent to an activating group) is 1. The normalized spacial score (nSPS) is 21.6. The molecule has 2 atom stereocenters. The average molecular weight is 285 g/mol. The number of hydrogen-bond donors (Lipinski definition) is 2. The van der Waals surface area contributed by atoms with Crippen molar-refractivity contribution in [3.05, 3.63) is 36.0 Å². The summed E-state index contributed by atoms with van der Waals surface area (Å²) in [6, 6.07) is 7.84. The number of fused-ring (bicyclic) bond motifs is 1. The number of carbonyl (C=O) groups excluding carboxylic acids is 1. The fraction of sp³-hybridized carbons (Fsp3) is 0.375. The van der Waals surface area contributed by atoms with Gasteiger partial charge in [0.2, 0.25) is 5.91 Å². The van der Waals surface area contributed by atoms with Crippen LogP contribution in [0.1, 0.15) is 5.56 Å². The average Bonchev–Trinajstić information content (AvgIpc) is 2.99. The van der Waals surface area contributed by atoms with Crippen LogP contribution in [0.3, 0.4) is 0 Å². The van der Waals surface area contributed by atoms with E-state index in [1.54, 1.807) is 6.20 Å². The van der Waals surface area contributed by atoms with E-state index in [0.29, 0.717) is 13.2 Å². The third-order valence-corrected chi connectivity index (χ3v) is 4.02. The predicted molar refractivity (Wildman–Crippen MR) is 82.3 cm³/mol. The van der Waals surface area contributed by atoms with E-state index in [9.17, 15) is 4.79 Å². The molecule has 1 fully saturated rings. The summed E-state index contributed by atoms with van der Waals surface area (Å²) >= 11 is 0. The van der Waals surface area contributed by atoms with Crippen LogP contribution in [-0.2, 0) is 9.53 Å². The SMILES string of the molecule is CNC1COCC1C(=O)Nc1ccc(C)c2ncccc12. The van der Waals surface area contributed by atoms with E-state index in [1.165, 1.54) is 0 Å². The Labute approximate surface area is 123 Å². The lowest BCUT2D eigenvalue weighted by molar-refractivity contribution is -0.120. The Balaban J connectivity index is 1.88. The summed E-state index contributed by atoms with van der Waals surface area (Å²) in [7, 11) is 1.85. The largest absolute Gasteiger partial charge is 0.379 e. The molecule has 0 spiro atoms. The number of hydrogen-bond acceptors (Lipinski definition) is 4. The molecule has 5 nitrogen and oxygen atoms in total. The molecule has 0 aliphatic carbocycles. The fourth-order valence-electron chi connectivity index (χ4n) is 2.75. The van der Waals surface area contributed by atoms with Crippen molar-refractivity contribution < 1.29 is 9.53 Å². The van der Waals surface area contributed by atoms with E-state index < -0.39 is 0 Å². The molecular formula is C16H19N3O2. The maximum Gasteiger partial charge on any atom is 0.231 e. The van der Waals surface area contributed by atoms with Crippen molar-refractivity contribution in [3.63, 3.8) is 0 Å². The van der Waals surface area contributed by atoms with Crippen molar-refractivity contribution in [3.8, 4) is 0 Å². The molecule has 3 rings (SSSR count). The molecule has 1 aromatic heterocycles. The van der Waals surface area contributed by atoms with Crippen molar-refractivity contribution in [1.29, 1.82) is 0 Å². The molecule has 5 heteroatoms. The minimum Gasteiger partial charge on any atom is -0.379 e. The van der Waals surface area contributed by atoms with Gasteiger partial charge in [-0.25, -0.2) is 0 Å². The Kier molecular flexibility index (Phi) is 3.86. The zero-order valence-corrected chi connectivity index (χ0v) is 12.2. The third kappa shape index (κ3) is 2.62. The van der Waals surface area contributed by atoms with Gasteiger partial charge in [-0.2, -0.15) is 0 Å². The van der Waals surface area contributed by atoms with Crippen LogP contribution in [-0.4, -0.2) is 37.2 Å². The zero-order valence-electron chi connectivity index (χ0n) is 12.2. The topological polar surface area (TPSA) is 63.2 Å². The molecule has 1 aliphatic heterocycles. The number of nitrogens with one attached hydrogen (secondary N) is 2. The van der Waals surface area contributed by atoms with E-state index in [4.69, 9.17) is 4.74 Å². The molecule has 1 saturated heterocycles. The van der Waals surface area contributed by atoms with Gasteiger partial charge in [0, 0.05) is 17.6 Å². The quantitative estimate of drug-likeness (QED) is 0.901. The first-order valence-electron chi connectivity index (χ1n) is 7.11. The van der Waals surface area contributed by atoms with Gasteiger partial charge in [-0.1, -0.05) is 6.07 Å². The van der Waals surface area contributed by atoms with Gasteiger partial charge in [0.05, 0.1) is 30.3 Å². The molecule has 2 heterocycles. The number of nitrogens with zero attached hydrogens (tertiary/aromatic N) is 1. The number of aryl methyl sites for hydroxylation is 1. The van der Waals surface area contributed by atoms with Crippen molar-refractivity contribution in [2.45, 2.75) is 13.0 Å². The zero-order chi connectivity index (χ0) is 14.8. The van der Waals surface area contributed by atoms with Crippen molar-refractivity contribution >= 4 is 22.5 Å². The molecule has 0 bridgehead atoms. The molecule has 2 unspecified atom stereocenters. The fourth-order valence-corrected chi connectivity index (χ4v) is 2.75. The van der Waals surface area contributed by atoms with Gasteiger partial charge in [0.15, 0.2) is 0 Å². The summed E-state index contributed by atoms with van der Waals surface area (Å²) in [5, 5.41) is 7.11. The Morgan fingerprint density at radius 1 is 1.33 bits per heavy atom. The van der Waals surface area contributed by atoms with Gasteiger partial charge in [0.25, 0.3) is 0 Å². The summed E-state index contributed by atoms with van der Waals surface area (Å²) in [5.74, 6) is -0.177. The van der Waals surface area contributed by atoms with Crippen LogP contribution in [0, 0.1) is 12.8 Å². The second kappa shape index (κ2) is 5.79. The van der Waals surface area contributed by atoms with Gasteiger partial charge in [-0.05, 0) is 37.7 Å². The Morgan fingerprint density at radius 3 is 3.00 bits per heavy atom. The summed E-state index contributed by atoms with van der Waals surface area (Å²) in [6.07, 6.45) is 1.77. The molecule has 0 radical (unpaired) electrons. The molecule has 21 heavy (non-hydrogen) atoms. The van der Waals surface area contributed by atoms with Crippen LogP contribution >= 0.6 is 0 Å². The Bertz CT molecular complexity index is 672. The van der Waals surface area contributed by atoms with E-state index >= 15 is 0 Å². The lowest BCUT2D eigenvalue weighted by Gasteiger charge is -2.17. The van der Waals surface area contributed by atoms with E-state index in [0.717, 1.165) is 22.2 Å². The molecule has 2 aromatic rings. The van der Waals surface area contributed by atoms with Crippen LogP contribution < -0.4 is 10.6 Å². The molecule has 0 saturated carbocycles. The van der Waals surface area contributed by atoms with Gasteiger partial charge >= 0.3 is 0 Å². The van der Waals surface area contributed by atoms with E-state index in [1.807, 2.05) is 38.2 Å². The van der Waals surface area contributed by atoms with E-state index in [2.05, 4.69) is 15.6 Å². The number of amides is 1. The summed E-state index contributed by atoms with van der Waals surface area (Å²) in [6.45, 7) is 3.05. The number of aromatic nitrogens is 1. The number of carbonyl (C=O) groups is 1. The van der Waals surface area contributed by atoms with Crippen LogP contribution in [0.4, 0.5) is 5.69 Å². The highest BCUT2D eigenvalue weighted by Gasteiger charge is 2.33. The third-order valence-electron chi connectivity index (χ3n) is 4.02. The van der Waals surface area contributed by atoms with Crippen molar-refractivity contribution in [2.24, 2.45) is 5.92 Å². The van der Waals surface area contributed by atoms with Crippen molar-refractivity contribution in [2.75, 3.05) is 25.6 Å². The number of benzene rings is 1. The van der Waals surface area contributed by atoms with Gasteiger partial charge in [0.1, 0.15) is 0 Å². The molecule has 1 amide bonds. The molecular weight excluding hydrogens is 266 g/mol. The van der Waals surface area contributed by atoms with Gasteiger partial charge < -0.3 is 15.4 Å². The first kappa shape index (κ1) is 14.0. The highest BCUT2D eigenvalue weighted by molar-refractivity contribution is 6.02. The minimum absolute atomic E-state index is 0.0131. The highest BCUT2D eigenvalue weighted by Crippen LogP contribution is 2.25. The number of ether oxygens (including phenoxy) is 1. The number of anilines is 1. The minimum atomic E-state index is -0.164. The summed E-state index contributed by atoms with van der Waals surface area (Å²) in [5.41, 5.74) is 2.82. The van der Waals surface area contributed by atoms with Crippen molar-refractivity contribution in [1.82, 2.24) is 10.3 Å². The molecule has 2 N–H and O–H groups in total. The van der Waals surface area contributed by atoms with Gasteiger partial charge in [-0.3, -0.25) is 9.78 Å². The first-order valence-corrected chi connectivity index (χ1v) is 7.11. The molecule has 1 aromatic carbocycles. The Morgan fingerprint density at radius 2 is 2.19 bits per heavy atom. The van der Waals surface area contributed by atoms with Crippen LogP contribution in [0.25, 0.3) is 10.9 Å². The predicted octanol–water partition coefficient (Wildman–Crippen LogP) is 1.72. The molecule has 1 aliphatic rings. The van der Waals surface area contributed by atoms with E-state index in [-0.39, 0.29) is 17.9 Å². The number of pyridine rings is 1. The lowest BCUT2D eigenvalue weighted by Crippen LogP contribution is -2.39. The molecule has 110 valence electrons. The first-order chi connectivity index (χ1) is 10.2. The smallest absolute Gasteiger partial charge is 0.231 e.